The predicted octanol–water partition coefficient (Wildman–Crippen LogP) is 3.34. The lowest BCUT2D eigenvalue weighted by molar-refractivity contribution is -0.131. The number of halogens is 1. The minimum atomic E-state index is -0.234. The van der Waals surface area contributed by atoms with Gasteiger partial charge in [0, 0.05) is 44.4 Å². The van der Waals surface area contributed by atoms with Gasteiger partial charge in [-0.1, -0.05) is 12.1 Å². The van der Waals surface area contributed by atoms with Crippen LogP contribution in [0.3, 0.4) is 0 Å². The quantitative estimate of drug-likeness (QED) is 0.857. The van der Waals surface area contributed by atoms with Gasteiger partial charge in [0.05, 0.1) is 11.9 Å². The number of aromatic nitrogens is 1. The number of nitrogens with zero attached hydrogens (tertiary/aromatic N) is 3. The monoisotopic (exact) mass is 339 g/mol. The number of benzene rings is 1. The molecule has 0 spiro atoms. The molecule has 5 heteroatoms. The van der Waals surface area contributed by atoms with Gasteiger partial charge in [-0.15, -0.1) is 0 Å². The van der Waals surface area contributed by atoms with E-state index in [1.54, 1.807) is 18.3 Å². The molecule has 0 radical (unpaired) electrons. The second kappa shape index (κ2) is 6.82. The number of amides is 1. The molecule has 0 atom stereocenters. The zero-order valence-corrected chi connectivity index (χ0v) is 14.2. The number of hydrogen-bond acceptors (Lipinski definition) is 3. The van der Waals surface area contributed by atoms with Gasteiger partial charge >= 0.3 is 0 Å². The summed E-state index contributed by atoms with van der Waals surface area (Å²) in [6.45, 7) is 3.11. The van der Waals surface area contributed by atoms with Crippen LogP contribution in [-0.4, -0.2) is 42.0 Å². The van der Waals surface area contributed by atoms with Crippen LogP contribution in [0.5, 0.6) is 0 Å². The zero-order chi connectivity index (χ0) is 17.2. The van der Waals surface area contributed by atoms with Gasteiger partial charge in [0.15, 0.2) is 0 Å². The Bertz CT molecular complexity index is 750. The number of hydrogen-bond donors (Lipinski definition) is 0. The average molecular weight is 339 g/mol. The lowest BCUT2D eigenvalue weighted by atomic mass is 10.0. The van der Waals surface area contributed by atoms with Crippen molar-refractivity contribution < 1.29 is 9.18 Å². The summed E-state index contributed by atoms with van der Waals surface area (Å²) in [7, 11) is 0. The van der Waals surface area contributed by atoms with Crippen molar-refractivity contribution in [3.05, 3.63) is 48.5 Å². The Morgan fingerprint density at radius 1 is 1.08 bits per heavy atom. The second-order valence-electron chi connectivity index (χ2n) is 6.92. The van der Waals surface area contributed by atoms with Gasteiger partial charge in [-0.05, 0) is 42.5 Å². The molecule has 2 fully saturated rings. The normalized spacial score (nSPS) is 17.6. The molecule has 2 aliphatic rings. The zero-order valence-electron chi connectivity index (χ0n) is 14.2. The van der Waals surface area contributed by atoms with Crippen molar-refractivity contribution in [2.45, 2.75) is 19.3 Å². The van der Waals surface area contributed by atoms with Crippen molar-refractivity contribution in [3.63, 3.8) is 0 Å². The predicted molar refractivity (Wildman–Crippen MR) is 95.8 cm³/mol. The third-order valence-corrected chi connectivity index (χ3v) is 5.09. The molecule has 1 aromatic heterocycles. The van der Waals surface area contributed by atoms with Crippen LogP contribution in [0.1, 0.15) is 19.3 Å². The highest BCUT2D eigenvalue weighted by Gasteiger charge is 2.29. The Kier molecular flexibility index (Phi) is 4.38. The maximum atomic E-state index is 13.2. The number of rotatable bonds is 4. The SMILES string of the molecule is O=C(CC1CC1)N1CCN(c2cnccc2-c2ccc(F)cc2)CC1. The van der Waals surface area contributed by atoms with E-state index in [-0.39, 0.29) is 5.82 Å². The summed E-state index contributed by atoms with van der Waals surface area (Å²) in [5.74, 6) is 0.697. The van der Waals surface area contributed by atoms with Gasteiger partial charge < -0.3 is 9.80 Å². The topological polar surface area (TPSA) is 36.4 Å². The van der Waals surface area contributed by atoms with E-state index in [1.165, 1.54) is 25.0 Å². The third-order valence-electron chi connectivity index (χ3n) is 5.09. The van der Waals surface area contributed by atoms with E-state index in [2.05, 4.69) is 9.88 Å². The minimum Gasteiger partial charge on any atom is -0.366 e. The lowest BCUT2D eigenvalue weighted by Gasteiger charge is -2.37. The fourth-order valence-electron chi connectivity index (χ4n) is 3.41. The molecule has 1 saturated heterocycles. The first-order valence-electron chi connectivity index (χ1n) is 8.93. The number of piperazine rings is 1. The Morgan fingerprint density at radius 2 is 1.80 bits per heavy atom. The van der Waals surface area contributed by atoms with Crippen molar-refractivity contribution in [1.29, 1.82) is 0 Å². The maximum Gasteiger partial charge on any atom is 0.222 e. The van der Waals surface area contributed by atoms with Crippen molar-refractivity contribution in [3.8, 4) is 11.1 Å². The summed E-state index contributed by atoms with van der Waals surface area (Å²) in [5.41, 5.74) is 3.07. The number of carbonyl (C=O) groups excluding carboxylic acids is 1. The van der Waals surface area contributed by atoms with Crippen LogP contribution in [0.25, 0.3) is 11.1 Å². The minimum absolute atomic E-state index is 0.234. The first-order valence-corrected chi connectivity index (χ1v) is 8.93. The molecule has 1 amide bonds. The van der Waals surface area contributed by atoms with E-state index in [9.17, 15) is 9.18 Å². The molecule has 4 rings (SSSR count). The van der Waals surface area contributed by atoms with E-state index in [4.69, 9.17) is 0 Å². The van der Waals surface area contributed by atoms with Gasteiger partial charge in [-0.2, -0.15) is 0 Å². The molecule has 0 unspecified atom stereocenters. The van der Waals surface area contributed by atoms with E-state index < -0.39 is 0 Å². The third kappa shape index (κ3) is 3.65. The standard InChI is InChI=1S/C20H22FN3O/c21-17-5-3-16(4-6-17)18-7-8-22-14-19(18)23-9-11-24(12-10-23)20(25)13-15-1-2-15/h3-8,14-15H,1-2,9-13H2. The Balaban J connectivity index is 1.47. The van der Waals surface area contributed by atoms with Crippen molar-refractivity contribution >= 4 is 11.6 Å². The molecule has 0 N–H and O–H groups in total. The van der Waals surface area contributed by atoms with Gasteiger partial charge in [0.25, 0.3) is 0 Å². The van der Waals surface area contributed by atoms with Crippen LogP contribution in [-0.2, 0) is 4.79 Å². The summed E-state index contributed by atoms with van der Waals surface area (Å²) < 4.78 is 13.2. The first-order chi connectivity index (χ1) is 12.2. The Morgan fingerprint density at radius 3 is 2.48 bits per heavy atom. The number of anilines is 1. The van der Waals surface area contributed by atoms with E-state index in [0.717, 1.165) is 43.0 Å². The highest BCUT2D eigenvalue weighted by Crippen LogP contribution is 2.34. The molecule has 1 aromatic carbocycles. The average Bonchev–Trinajstić information content (AvgIpc) is 3.46. The molecular weight excluding hydrogens is 317 g/mol. The van der Waals surface area contributed by atoms with Crippen LogP contribution in [0.15, 0.2) is 42.7 Å². The molecule has 130 valence electrons. The molecule has 2 aromatic rings. The Hall–Kier alpha value is -2.43. The largest absolute Gasteiger partial charge is 0.366 e. The number of carbonyl (C=O) groups is 1. The molecule has 25 heavy (non-hydrogen) atoms. The van der Waals surface area contributed by atoms with Crippen LogP contribution >= 0.6 is 0 Å². The molecule has 0 bridgehead atoms. The second-order valence-corrected chi connectivity index (χ2v) is 6.92. The summed E-state index contributed by atoms with van der Waals surface area (Å²) >= 11 is 0. The van der Waals surface area contributed by atoms with Crippen molar-refractivity contribution in [2.75, 3.05) is 31.1 Å². The van der Waals surface area contributed by atoms with E-state index >= 15 is 0 Å². The molecular formula is C20H22FN3O. The highest BCUT2D eigenvalue weighted by molar-refractivity contribution is 5.79. The molecule has 1 aliphatic carbocycles. The fraction of sp³-hybridized carbons (Fsp3) is 0.400. The number of pyridine rings is 1. The van der Waals surface area contributed by atoms with Gasteiger partial charge in [0.1, 0.15) is 5.82 Å². The van der Waals surface area contributed by atoms with Crippen LogP contribution < -0.4 is 4.90 Å². The molecule has 1 aliphatic heterocycles. The van der Waals surface area contributed by atoms with Crippen LogP contribution in [0.4, 0.5) is 10.1 Å². The van der Waals surface area contributed by atoms with Gasteiger partial charge in [-0.3, -0.25) is 9.78 Å². The summed E-state index contributed by atoms with van der Waals surface area (Å²) in [5, 5.41) is 0. The Labute approximate surface area is 147 Å². The van der Waals surface area contributed by atoms with Crippen molar-refractivity contribution in [2.24, 2.45) is 5.92 Å². The van der Waals surface area contributed by atoms with E-state index in [1.807, 2.05) is 17.2 Å². The lowest BCUT2D eigenvalue weighted by Crippen LogP contribution is -2.49. The highest BCUT2D eigenvalue weighted by atomic mass is 19.1. The van der Waals surface area contributed by atoms with Crippen LogP contribution in [0.2, 0.25) is 0 Å². The smallest absolute Gasteiger partial charge is 0.222 e. The van der Waals surface area contributed by atoms with Crippen LogP contribution in [0, 0.1) is 11.7 Å². The molecule has 1 saturated carbocycles. The van der Waals surface area contributed by atoms with Gasteiger partial charge in [-0.25, -0.2) is 4.39 Å². The summed E-state index contributed by atoms with van der Waals surface area (Å²) in [4.78, 5) is 20.8. The summed E-state index contributed by atoms with van der Waals surface area (Å²) in [6.07, 6.45) is 6.76. The fourth-order valence-corrected chi connectivity index (χ4v) is 3.41. The molecule has 4 nitrogen and oxygen atoms in total. The first kappa shape index (κ1) is 16.1. The van der Waals surface area contributed by atoms with E-state index in [0.29, 0.717) is 18.2 Å². The van der Waals surface area contributed by atoms with Gasteiger partial charge in [0.2, 0.25) is 5.91 Å². The molecule has 2 heterocycles. The van der Waals surface area contributed by atoms with Crippen molar-refractivity contribution in [1.82, 2.24) is 9.88 Å². The summed E-state index contributed by atoms with van der Waals surface area (Å²) in [6, 6.07) is 8.52. The maximum absolute atomic E-state index is 13.2.